The molecule has 0 saturated heterocycles. The molecule has 0 saturated carbocycles. The minimum atomic E-state index is -0.486. The van der Waals surface area contributed by atoms with Gasteiger partial charge in [-0.05, 0) is 31.3 Å². The Hall–Kier alpha value is -2.85. The highest BCUT2D eigenvalue weighted by Crippen LogP contribution is 2.19. The van der Waals surface area contributed by atoms with Crippen molar-refractivity contribution in [2.75, 3.05) is 25.0 Å². The number of hydrogen-bond acceptors (Lipinski definition) is 5. The van der Waals surface area contributed by atoms with E-state index in [1.54, 1.807) is 36.3 Å². The lowest BCUT2D eigenvalue weighted by Gasteiger charge is -2.25. The van der Waals surface area contributed by atoms with Crippen molar-refractivity contribution in [3.63, 3.8) is 0 Å². The molecule has 0 N–H and O–H groups in total. The van der Waals surface area contributed by atoms with E-state index in [9.17, 15) is 9.18 Å². The monoisotopic (exact) mass is 327 g/mol. The number of carbonyl (C=O) groups excluding carboxylic acids is 1. The van der Waals surface area contributed by atoms with Crippen molar-refractivity contribution < 1.29 is 9.18 Å². The van der Waals surface area contributed by atoms with E-state index in [1.165, 1.54) is 17.0 Å². The van der Waals surface area contributed by atoms with Crippen LogP contribution in [0.2, 0.25) is 0 Å². The first-order valence-electron chi connectivity index (χ1n) is 7.48. The molecule has 0 aliphatic rings. The molecule has 2 rings (SSSR count). The fourth-order valence-electron chi connectivity index (χ4n) is 2.28. The number of benzene rings is 1. The van der Waals surface area contributed by atoms with Gasteiger partial charge in [-0.3, -0.25) is 9.69 Å². The van der Waals surface area contributed by atoms with Gasteiger partial charge in [-0.15, -0.1) is 0 Å². The first-order chi connectivity index (χ1) is 11.6. The number of nitrogens with zero attached hydrogens (tertiary/aromatic N) is 5. The number of para-hydroxylation sites is 1. The van der Waals surface area contributed by atoms with Crippen LogP contribution in [0.5, 0.6) is 0 Å². The van der Waals surface area contributed by atoms with Gasteiger partial charge in [0.25, 0.3) is 0 Å². The third kappa shape index (κ3) is 4.83. The average Bonchev–Trinajstić information content (AvgIpc) is 2.57. The number of hydrogen-bond donors (Lipinski definition) is 0. The SMILES string of the molecule is CN(CC(=O)N(CCC#N)c1ccccc1F)Cc1cccnn1. The molecular formula is C17H18FN5O. The fraction of sp³-hybridized carbons (Fsp3) is 0.294. The van der Waals surface area contributed by atoms with Gasteiger partial charge in [-0.1, -0.05) is 12.1 Å². The summed E-state index contributed by atoms with van der Waals surface area (Å²) >= 11 is 0. The summed E-state index contributed by atoms with van der Waals surface area (Å²) in [6.45, 7) is 0.675. The molecule has 0 bridgehead atoms. The molecule has 0 aliphatic carbocycles. The smallest absolute Gasteiger partial charge is 0.241 e. The molecule has 0 aliphatic heterocycles. The van der Waals surface area contributed by atoms with Crippen molar-refractivity contribution in [1.82, 2.24) is 15.1 Å². The van der Waals surface area contributed by atoms with E-state index in [-0.39, 0.29) is 31.1 Å². The van der Waals surface area contributed by atoms with Gasteiger partial charge in [0.2, 0.25) is 5.91 Å². The van der Waals surface area contributed by atoms with Gasteiger partial charge in [0.05, 0.1) is 30.4 Å². The van der Waals surface area contributed by atoms with Crippen LogP contribution < -0.4 is 4.90 Å². The fourth-order valence-corrected chi connectivity index (χ4v) is 2.28. The molecule has 1 aromatic carbocycles. The normalized spacial score (nSPS) is 10.4. The van der Waals surface area contributed by atoms with Crippen molar-refractivity contribution >= 4 is 11.6 Å². The lowest BCUT2D eigenvalue weighted by molar-refractivity contribution is -0.119. The maximum atomic E-state index is 14.0. The van der Waals surface area contributed by atoms with Crippen molar-refractivity contribution in [2.45, 2.75) is 13.0 Å². The summed E-state index contributed by atoms with van der Waals surface area (Å²) in [5.41, 5.74) is 0.924. The highest BCUT2D eigenvalue weighted by Gasteiger charge is 2.20. The van der Waals surface area contributed by atoms with E-state index in [0.717, 1.165) is 5.69 Å². The lowest BCUT2D eigenvalue weighted by atomic mass is 10.2. The minimum absolute atomic E-state index is 0.0797. The molecule has 24 heavy (non-hydrogen) atoms. The number of carbonyl (C=O) groups is 1. The number of anilines is 1. The van der Waals surface area contributed by atoms with Gasteiger partial charge >= 0.3 is 0 Å². The van der Waals surface area contributed by atoms with Crippen LogP contribution in [0.3, 0.4) is 0 Å². The first kappa shape index (κ1) is 17.5. The van der Waals surface area contributed by atoms with Crippen LogP contribution in [0, 0.1) is 17.1 Å². The van der Waals surface area contributed by atoms with E-state index in [0.29, 0.717) is 6.54 Å². The van der Waals surface area contributed by atoms with Crippen LogP contribution in [-0.2, 0) is 11.3 Å². The van der Waals surface area contributed by atoms with Gasteiger partial charge in [-0.2, -0.15) is 15.5 Å². The molecule has 0 atom stereocenters. The Morgan fingerprint density at radius 2 is 2.08 bits per heavy atom. The van der Waals surface area contributed by atoms with Crippen LogP contribution in [0.25, 0.3) is 0 Å². The summed E-state index contributed by atoms with van der Waals surface area (Å²) in [6, 6.07) is 11.6. The number of amides is 1. The van der Waals surface area contributed by atoms with Crippen LogP contribution in [0.15, 0.2) is 42.6 Å². The Bertz CT molecular complexity index is 716. The Balaban J connectivity index is 2.07. The number of aromatic nitrogens is 2. The van der Waals surface area contributed by atoms with Crippen LogP contribution in [0.4, 0.5) is 10.1 Å². The summed E-state index contributed by atoms with van der Waals surface area (Å²) < 4.78 is 14.0. The summed E-state index contributed by atoms with van der Waals surface area (Å²) in [6.07, 6.45) is 1.71. The summed E-state index contributed by atoms with van der Waals surface area (Å²) in [5.74, 6) is -0.762. The molecule has 124 valence electrons. The molecule has 0 spiro atoms. The first-order valence-corrected chi connectivity index (χ1v) is 7.48. The third-order valence-electron chi connectivity index (χ3n) is 3.36. The van der Waals surface area contributed by atoms with E-state index in [2.05, 4.69) is 10.2 Å². The molecule has 1 aromatic heterocycles. The van der Waals surface area contributed by atoms with E-state index in [4.69, 9.17) is 5.26 Å². The lowest BCUT2D eigenvalue weighted by Crippen LogP contribution is -2.40. The highest BCUT2D eigenvalue weighted by molar-refractivity contribution is 5.94. The molecule has 1 heterocycles. The van der Waals surface area contributed by atoms with E-state index < -0.39 is 5.82 Å². The Kier molecular flexibility index (Phi) is 6.34. The van der Waals surface area contributed by atoms with Gasteiger partial charge < -0.3 is 4.90 Å². The van der Waals surface area contributed by atoms with Crippen molar-refractivity contribution in [3.05, 3.63) is 54.1 Å². The summed E-state index contributed by atoms with van der Waals surface area (Å²) in [5, 5.41) is 16.5. The average molecular weight is 327 g/mol. The number of rotatable bonds is 7. The predicted molar refractivity (Wildman–Crippen MR) is 87.3 cm³/mol. The zero-order valence-electron chi connectivity index (χ0n) is 13.4. The molecule has 6 nitrogen and oxygen atoms in total. The molecule has 0 radical (unpaired) electrons. The van der Waals surface area contributed by atoms with Crippen LogP contribution in [0.1, 0.15) is 12.1 Å². The Morgan fingerprint density at radius 1 is 1.29 bits per heavy atom. The summed E-state index contributed by atoms with van der Waals surface area (Å²) in [7, 11) is 1.77. The predicted octanol–water partition coefficient (Wildman–Crippen LogP) is 1.99. The molecule has 2 aromatic rings. The molecule has 0 fully saturated rings. The van der Waals surface area contributed by atoms with Gasteiger partial charge in [-0.25, -0.2) is 4.39 Å². The molecule has 7 heteroatoms. The summed E-state index contributed by atoms with van der Waals surface area (Å²) in [4.78, 5) is 15.7. The molecule has 1 amide bonds. The van der Waals surface area contributed by atoms with Crippen LogP contribution in [-0.4, -0.2) is 41.1 Å². The van der Waals surface area contributed by atoms with E-state index >= 15 is 0 Å². The topological polar surface area (TPSA) is 73.1 Å². The second-order valence-corrected chi connectivity index (χ2v) is 5.29. The van der Waals surface area contributed by atoms with Gasteiger partial charge in [0.1, 0.15) is 5.82 Å². The molecule has 0 unspecified atom stereocenters. The maximum Gasteiger partial charge on any atom is 0.241 e. The van der Waals surface area contributed by atoms with Crippen molar-refractivity contribution in [1.29, 1.82) is 5.26 Å². The number of halogens is 1. The third-order valence-corrected chi connectivity index (χ3v) is 3.36. The van der Waals surface area contributed by atoms with Gasteiger partial charge in [0.15, 0.2) is 0 Å². The molecular weight excluding hydrogens is 309 g/mol. The second-order valence-electron chi connectivity index (χ2n) is 5.29. The highest BCUT2D eigenvalue weighted by atomic mass is 19.1. The Morgan fingerprint density at radius 3 is 2.75 bits per heavy atom. The van der Waals surface area contributed by atoms with Crippen molar-refractivity contribution in [3.8, 4) is 6.07 Å². The largest absolute Gasteiger partial charge is 0.308 e. The second kappa shape index (κ2) is 8.70. The van der Waals surface area contributed by atoms with E-state index in [1.807, 2.05) is 12.1 Å². The zero-order chi connectivity index (χ0) is 17.4. The quantitative estimate of drug-likeness (QED) is 0.777. The van der Waals surface area contributed by atoms with Crippen LogP contribution >= 0.6 is 0 Å². The van der Waals surface area contributed by atoms with Crippen molar-refractivity contribution in [2.24, 2.45) is 0 Å². The standard InChI is InChI=1S/C17H18FN5O/c1-22(12-14-6-4-10-20-21-14)13-17(24)23(11-5-9-19)16-8-3-2-7-15(16)18/h2-4,6-8,10H,5,11-13H2,1H3. The maximum absolute atomic E-state index is 14.0. The Labute approximate surface area is 140 Å². The number of likely N-dealkylation sites (N-methyl/N-ethyl adjacent to an activating group) is 1. The minimum Gasteiger partial charge on any atom is -0.308 e. The zero-order valence-corrected chi connectivity index (χ0v) is 13.4. The number of nitriles is 1. The van der Waals surface area contributed by atoms with Gasteiger partial charge in [0, 0.05) is 19.3 Å².